The fourth-order valence-electron chi connectivity index (χ4n) is 1.69. The molecule has 0 fully saturated rings. The number of ether oxygens (including phenoxy) is 3. The van der Waals surface area contributed by atoms with Gasteiger partial charge >= 0.3 is 0 Å². The summed E-state index contributed by atoms with van der Waals surface area (Å²) in [5.41, 5.74) is 0.302. The number of fused-ring (bicyclic) bond motifs is 1. The molecule has 88 valence electrons. The zero-order chi connectivity index (χ0) is 11.5. The van der Waals surface area contributed by atoms with E-state index in [-0.39, 0.29) is 18.8 Å². The zero-order valence-corrected chi connectivity index (χ0v) is 8.96. The fourth-order valence-corrected chi connectivity index (χ4v) is 1.69. The van der Waals surface area contributed by atoms with Gasteiger partial charge in [0.25, 0.3) is 0 Å². The normalized spacial score (nSPS) is 13.7. The smallest absolute Gasteiger partial charge is 0.172 e. The summed E-state index contributed by atoms with van der Waals surface area (Å²) in [5, 5.41) is 8.91. The fraction of sp³-hybridized carbons (Fsp3) is 0.455. The van der Waals surface area contributed by atoms with Crippen LogP contribution in [0.3, 0.4) is 0 Å². The molecule has 1 aliphatic rings. The van der Waals surface area contributed by atoms with Gasteiger partial charge in [0, 0.05) is 24.7 Å². The van der Waals surface area contributed by atoms with Crippen LogP contribution in [-0.2, 0) is 6.42 Å². The van der Waals surface area contributed by atoms with Crippen LogP contribution in [0.25, 0.3) is 0 Å². The van der Waals surface area contributed by atoms with Gasteiger partial charge in [0.1, 0.15) is 13.2 Å². The minimum Gasteiger partial charge on any atom is -0.494 e. The molecular formula is C11H13FO4. The summed E-state index contributed by atoms with van der Waals surface area (Å²) in [7, 11) is 1.39. The van der Waals surface area contributed by atoms with Crippen molar-refractivity contribution in [2.75, 3.05) is 26.9 Å². The summed E-state index contributed by atoms with van der Waals surface area (Å²) in [4.78, 5) is 0. The Hall–Kier alpha value is -1.49. The number of aliphatic hydroxyl groups is 1. The molecule has 0 aromatic heterocycles. The highest BCUT2D eigenvalue weighted by atomic mass is 19.1. The molecule has 0 saturated carbocycles. The molecule has 0 bridgehead atoms. The molecule has 1 N–H and O–H groups in total. The standard InChI is InChI=1S/C11H13FO4/c1-14-8-6-9-11(16-5-4-15-9)7(2-3-13)10(8)12/h6,13H,2-5H2,1H3. The molecule has 0 amide bonds. The first-order valence-electron chi connectivity index (χ1n) is 5.03. The number of methoxy groups -OCH3 is 1. The topological polar surface area (TPSA) is 47.9 Å². The summed E-state index contributed by atoms with van der Waals surface area (Å²) in [6.45, 7) is 0.664. The minimum absolute atomic E-state index is 0.104. The Bertz CT molecular complexity index is 392. The van der Waals surface area contributed by atoms with Crippen molar-refractivity contribution in [1.82, 2.24) is 0 Å². The van der Waals surface area contributed by atoms with Crippen LogP contribution in [0.4, 0.5) is 4.39 Å². The van der Waals surface area contributed by atoms with Crippen molar-refractivity contribution in [3.8, 4) is 17.2 Å². The molecule has 1 aromatic rings. The lowest BCUT2D eigenvalue weighted by molar-refractivity contribution is 0.166. The number of aliphatic hydroxyl groups excluding tert-OH is 1. The summed E-state index contributed by atoms with van der Waals surface area (Å²) >= 11 is 0. The van der Waals surface area contributed by atoms with Crippen molar-refractivity contribution in [3.05, 3.63) is 17.4 Å². The van der Waals surface area contributed by atoms with Gasteiger partial charge in [-0.25, -0.2) is 4.39 Å². The van der Waals surface area contributed by atoms with Crippen molar-refractivity contribution in [2.24, 2.45) is 0 Å². The van der Waals surface area contributed by atoms with Gasteiger partial charge in [-0.05, 0) is 0 Å². The lowest BCUT2D eigenvalue weighted by Crippen LogP contribution is -2.18. The molecule has 4 nitrogen and oxygen atoms in total. The molecule has 1 heterocycles. The first-order chi connectivity index (χ1) is 7.77. The summed E-state index contributed by atoms with van der Waals surface area (Å²) in [5.74, 6) is 0.444. The quantitative estimate of drug-likeness (QED) is 0.842. The van der Waals surface area contributed by atoms with E-state index in [0.29, 0.717) is 30.3 Å². The molecule has 1 aromatic carbocycles. The maximum absolute atomic E-state index is 13.9. The highest BCUT2D eigenvalue weighted by Gasteiger charge is 2.23. The van der Waals surface area contributed by atoms with E-state index in [4.69, 9.17) is 19.3 Å². The van der Waals surface area contributed by atoms with Gasteiger partial charge in [-0.2, -0.15) is 0 Å². The van der Waals surface area contributed by atoms with Crippen molar-refractivity contribution < 1.29 is 23.7 Å². The van der Waals surface area contributed by atoms with Gasteiger partial charge in [0.15, 0.2) is 23.1 Å². The zero-order valence-electron chi connectivity index (χ0n) is 8.96. The number of hydrogen-bond donors (Lipinski definition) is 1. The number of hydrogen-bond acceptors (Lipinski definition) is 4. The average molecular weight is 228 g/mol. The van der Waals surface area contributed by atoms with Gasteiger partial charge in [0.05, 0.1) is 7.11 Å². The van der Waals surface area contributed by atoms with Gasteiger partial charge in [0.2, 0.25) is 0 Å². The van der Waals surface area contributed by atoms with Crippen LogP contribution in [0.2, 0.25) is 0 Å². The summed E-state index contributed by atoms with van der Waals surface area (Å²) < 4.78 is 29.5. The first kappa shape index (κ1) is 11.0. The molecule has 0 spiro atoms. The lowest BCUT2D eigenvalue weighted by atomic mass is 10.1. The Morgan fingerprint density at radius 1 is 1.44 bits per heavy atom. The van der Waals surface area contributed by atoms with Crippen molar-refractivity contribution in [3.63, 3.8) is 0 Å². The Morgan fingerprint density at radius 3 is 2.88 bits per heavy atom. The minimum atomic E-state index is -0.499. The van der Waals surface area contributed by atoms with Gasteiger partial charge in [-0.1, -0.05) is 0 Å². The van der Waals surface area contributed by atoms with E-state index in [9.17, 15) is 4.39 Å². The van der Waals surface area contributed by atoms with Crippen LogP contribution in [0.1, 0.15) is 5.56 Å². The number of benzene rings is 1. The Kier molecular flexibility index (Phi) is 3.14. The predicted octanol–water partition coefficient (Wildman–Crippen LogP) is 1.14. The number of rotatable bonds is 3. The Balaban J connectivity index is 2.52. The van der Waals surface area contributed by atoms with Crippen LogP contribution in [0.15, 0.2) is 6.07 Å². The van der Waals surface area contributed by atoms with Gasteiger partial charge in [-0.15, -0.1) is 0 Å². The summed E-state index contributed by atoms with van der Waals surface area (Å²) in [6.07, 6.45) is 0.175. The third kappa shape index (κ3) is 1.78. The maximum Gasteiger partial charge on any atom is 0.172 e. The van der Waals surface area contributed by atoms with E-state index >= 15 is 0 Å². The highest BCUT2D eigenvalue weighted by Crippen LogP contribution is 2.40. The third-order valence-electron chi connectivity index (χ3n) is 2.41. The summed E-state index contributed by atoms with van der Waals surface area (Å²) in [6, 6.07) is 1.46. The van der Waals surface area contributed by atoms with E-state index < -0.39 is 5.82 Å². The number of halogens is 1. The van der Waals surface area contributed by atoms with Crippen LogP contribution >= 0.6 is 0 Å². The van der Waals surface area contributed by atoms with Crippen molar-refractivity contribution in [2.45, 2.75) is 6.42 Å². The molecule has 16 heavy (non-hydrogen) atoms. The lowest BCUT2D eigenvalue weighted by Gasteiger charge is -2.22. The molecular weight excluding hydrogens is 215 g/mol. The van der Waals surface area contributed by atoms with Gasteiger partial charge in [-0.3, -0.25) is 0 Å². The van der Waals surface area contributed by atoms with Crippen LogP contribution in [0.5, 0.6) is 17.2 Å². The van der Waals surface area contributed by atoms with E-state index in [1.807, 2.05) is 0 Å². The Labute approximate surface area is 92.6 Å². The van der Waals surface area contributed by atoms with E-state index in [1.165, 1.54) is 13.2 Å². The van der Waals surface area contributed by atoms with E-state index in [1.54, 1.807) is 0 Å². The van der Waals surface area contributed by atoms with Crippen LogP contribution in [-0.4, -0.2) is 32.0 Å². The molecule has 2 rings (SSSR count). The molecule has 0 aliphatic carbocycles. The van der Waals surface area contributed by atoms with E-state index in [2.05, 4.69) is 0 Å². The molecule has 5 heteroatoms. The van der Waals surface area contributed by atoms with Gasteiger partial charge < -0.3 is 19.3 Å². The molecule has 0 radical (unpaired) electrons. The second-order valence-electron chi connectivity index (χ2n) is 3.37. The largest absolute Gasteiger partial charge is 0.494 e. The highest BCUT2D eigenvalue weighted by molar-refractivity contribution is 5.53. The maximum atomic E-state index is 13.9. The molecule has 0 atom stereocenters. The monoisotopic (exact) mass is 228 g/mol. The second kappa shape index (κ2) is 4.57. The predicted molar refractivity (Wildman–Crippen MR) is 54.7 cm³/mol. The van der Waals surface area contributed by atoms with E-state index in [0.717, 1.165) is 0 Å². The average Bonchev–Trinajstić information content (AvgIpc) is 2.32. The molecule has 1 aliphatic heterocycles. The van der Waals surface area contributed by atoms with Crippen LogP contribution < -0.4 is 14.2 Å². The Morgan fingerprint density at radius 2 is 2.19 bits per heavy atom. The first-order valence-corrected chi connectivity index (χ1v) is 5.03. The third-order valence-corrected chi connectivity index (χ3v) is 2.41. The van der Waals surface area contributed by atoms with Crippen LogP contribution in [0, 0.1) is 5.82 Å². The van der Waals surface area contributed by atoms with Crippen molar-refractivity contribution in [1.29, 1.82) is 0 Å². The second-order valence-corrected chi connectivity index (χ2v) is 3.37. The molecule has 0 unspecified atom stereocenters. The SMILES string of the molecule is COc1cc2c(c(CCO)c1F)OCCO2. The molecule has 0 saturated heterocycles. The van der Waals surface area contributed by atoms with Crippen molar-refractivity contribution >= 4 is 0 Å².